The first-order chi connectivity index (χ1) is 12.1. The van der Waals surface area contributed by atoms with Crippen molar-refractivity contribution in [3.8, 4) is 0 Å². The molecule has 6 nitrogen and oxygen atoms in total. The molecule has 1 aromatic heterocycles. The van der Waals surface area contributed by atoms with Crippen LogP contribution in [0.4, 0.5) is 11.4 Å². The number of nitrogens with two attached hydrogens (primary N) is 1. The zero-order valence-corrected chi connectivity index (χ0v) is 14.3. The molecule has 0 bridgehead atoms. The third-order valence-electron chi connectivity index (χ3n) is 3.48. The molecule has 3 aromatic rings. The van der Waals surface area contributed by atoms with Gasteiger partial charge < -0.3 is 20.2 Å². The Morgan fingerprint density at radius 2 is 1.88 bits per heavy atom. The van der Waals surface area contributed by atoms with Gasteiger partial charge in [-0.3, -0.25) is 4.79 Å². The molecule has 0 aliphatic rings. The molecule has 0 spiro atoms. The molecule has 1 heterocycles. The summed E-state index contributed by atoms with van der Waals surface area (Å²) >= 11 is 1.37. The van der Waals surface area contributed by atoms with E-state index in [9.17, 15) is 9.59 Å². The second-order valence-corrected chi connectivity index (χ2v) is 6.25. The molecule has 25 heavy (non-hydrogen) atoms. The Bertz CT molecular complexity index is 918. The molecule has 0 atom stereocenters. The number of ether oxygens (including phenoxy) is 1. The first-order valence-electron chi connectivity index (χ1n) is 7.46. The van der Waals surface area contributed by atoms with E-state index in [0.29, 0.717) is 22.3 Å². The Morgan fingerprint density at radius 1 is 1.16 bits per heavy atom. The summed E-state index contributed by atoms with van der Waals surface area (Å²) in [4.78, 5) is 25.1. The number of nitrogen functional groups attached to an aromatic ring is 1. The zero-order chi connectivity index (χ0) is 17.8. The van der Waals surface area contributed by atoms with Crippen LogP contribution in [0.2, 0.25) is 0 Å². The lowest BCUT2D eigenvalue weighted by Gasteiger charge is -2.06. The number of para-hydroxylation sites is 1. The van der Waals surface area contributed by atoms with Gasteiger partial charge in [-0.05, 0) is 36.4 Å². The van der Waals surface area contributed by atoms with Crippen molar-refractivity contribution in [2.45, 2.75) is 4.90 Å². The third kappa shape index (κ3) is 3.77. The van der Waals surface area contributed by atoms with Crippen LogP contribution >= 0.6 is 11.8 Å². The van der Waals surface area contributed by atoms with E-state index in [1.54, 1.807) is 36.4 Å². The van der Waals surface area contributed by atoms with Gasteiger partial charge in [-0.2, -0.15) is 0 Å². The summed E-state index contributed by atoms with van der Waals surface area (Å²) < 4.78 is 10.2. The zero-order valence-electron chi connectivity index (χ0n) is 13.4. The number of amides is 1. The molecule has 0 saturated heterocycles. The SMILES string of the molecule is COC(=O)c1oc2ccccc2c1NC(=O)CSc1ccc(N)cc1. The molecule has 7 heteroatoms. The van der Waals surface area contributed by atoms with Crippen molar-refractivity contribution in [1.29, 1.82) is 0 Å². The Hall–Kier alpha value is -2.93. The van der Waals surface area contributed by atoms with Crippen LogP contribution < -0.4 is 11.1 Å². The summed E-state index contributed by atoms with van der Waals surface area (Å²) in [7, 11) is 1.26. The molecule has 0 aliphatic carbocycles. The fourth-order valence-electron chi connectivity index (χ4n) is 2.29. The predicted molar refractivity (Wildman–Crippen MR) is 97.8 cm³/mol. The Balaban J connectivity index is 1.78. The monoisotopic (exact) mass is 356 g/mol. The standard InChI is InChI=1S/C18H16N2O4S/c1-23-18(22)17-16(13-4-2-3-5-14(13)24-17)20-15(21)10-25-12-8-6-11(19)7-9-12/h2-9H,10,19H2,1H3,(H,20,21). The number of methoxy groups -OCH3 is 1. The smallest absolute Gasteiger partial charge is 0.376 e. The number of thioether (sulfide) groups is 1. The second-order valence-electron chi connectivity index (χ2n) is 5.20. The maximum Gasteiger partial charge on any atom is 0.376 e. The number of anilines is 2. The number of benzene rings is 2. The summed E-state index contributed by atoms with van der Waals surface area (Å²) in [5, 5.41) is 3.40. The molecule has 0 unspecified atom stereocenters. The van der Waals surface area contributed by atoms with Gasteiger partial charge in [0.2, 0.25) is 11.7 Å². The number of carbonyl (C=O) groups excluding carboxylic acids is 2. The van der Waals surface area contributed by atoms with Gasteiger partial charge in [0, 0.05) is 16.0 Å². The van der Waals surface area contributed by atoms with Crippen LogP contribution in [-0.4, -0.2) is 24.7 Å². The number of rotatable bonds is 5. The van der Waals surface area contributed by atoms with E-state index >= 15 is 0 Å². The van der Waals surface area contributed by atoms with Crippen LogP contribution in [0.5, 0.6) is 0 Å². The fraction of sp³-hybridized carbons (Fsp3) is 0.111. The molecule has 128 valence electrons. The maximum atomic E-state index is 12.3. The quantitative estimate of drug-likeness (QED) is 0.412. The number of furan rings is 1. The topological polar surface area (TPSA) is 94.6 Å². The van der Waals surface area contributed by atoms with Crippen molar-refractivity contribution in [1.82, 2.24) is 0 Å². The van der Waals surface area contributed by atoms with E-state index in [2.05, 4.69) is 5.32 Å². The van der Waals surface area contributed by atoms with Crippen LogP contribution in [0.3, 0.4) is 0 Å². The van der Waals surface area contributed by atoms with Gasteiger partial charge >= 0.3 is 5.97 Å². The van der Waals surface area contributed by atoms with Gasteiger partial charge in [-0.1, -0.05) is 12.1 Å². The van der Waals surface area contributed by atoms with Crippen molar-refractivity contribution in [2.24, 2.45) is 0 Å². The highest BCUT2D eigenvalue weighted by Gasteiger charge is 2.22. The van der Waals surface area contributed by atoms with Gasteiger partial charge in [-0.25, -0.2) is 4.79 Å². The van der Waals surface area contributed by atoms with Crippen molar-refractivity contribution in [3.63, 3.8) is 0 Å². The van der Waals surface area contributed by atoms with Gasteiger partial charge in [0.25, 0.3) is 0 Å². The lowest BCUT2D eigenvalue weighted by Crippen LogP contribution is -2.16. The van der Waals surface area contributed by atoms with Crippen LogP contribution in [0, 0.1) is 0 Å². The minimum atomic E-state index is -0.641. The normalized spacial score (nSPS) is 10.6. The van der Waals surface area contributed by atoms with Crippen molar-refractivity contribution in [2.75, 3.05) is 23.9 Å². The molecule has 2 aromatic carbocycles. The average molecular weight is 356 g/mol. The Morgan fingerprint density at radius 3 is 2.60 bits per heavy atom. The number of nitrogens with one attached hydrogen (secondary N) is 1. The van der Waals surface area contributed by atoms with E-state index in [0.717, 1.165) is 4.90 Å². The fourth-order valence-corrected chi connectivity index (χ4v) is 2.99. The van der Waals surface area contributed by atoms with Gasteiger partial charge in [0.05, 0.1) is 12.9 Å². The summed E-state index contributed by atoms with van der Waals surface area (Å²) in [5.74, 6) is -0.727. The number of hydrogen-bond donors (Lipinski definition) is 2. The van der Waals surface area contributed by atoms with Gasteiger partial charge in [-0.15, -0.1) is 11.8 Å². The Labute approximate surface area is 148 Å². The molecule has 0 radical (unpaired) electrons. The van der Waals surface area contributed by atoms with Crippen LogP contribution in [0.25, 0.3) is 11.0 Å². The Kier molecular flexibility index (Phi) is 4.95. The third-order valence-corrected chi connectivity index (χ3v) is 4.49. The summed E-state index contributed by atoms with van der Waals surface area (Å²) in [5.41, 5.74) is 7.14. The van der Waals surface area contributed by atoms with E-state index in [-0.39, 0.29) is 17.4 Å². The first kappa shape index (κ1) is 16.9. The molecule has 0 fully saturated rings. The van der Waals surface area contributed by atoms with E-state index in [1.165, 1.54) is 18.9 Å². The van der Waals surface area contributed by atoms with E-state index < -0.39 is 5.97 Å². The molecule has 1 amide bonds. The number of hydrogen-bond acceptors (Lipinski definition) is 6. The van der Waals surface area contributed by atoms with Gasteiger partial charge in [0.1, 0.15) is 11.3 Å². The minimum absolute atomic E-state index is 0.0189. The largest absolute Gasteiger partial charge is 0.463 e. The molecular weight excluding hydrogens is 340 g/mol. The summed E-state index contributed by atoms with van der Waals surface area (Å²) in [6.07, 6.45) is 0. The highest BCUT2D eigenvalue weighted by molar-refractivity contribution is 8.00. The highest BCUT2D eigenvalue weighted by atomic mass is 32.2. The van der Waals surface area contributed by atoms with E-state index in [1.807, 2.05) is 12.1 Å². The van der Waals surface area contributed by atoms with E-state index in [4.69, 9.17) is 14.9 Å². The molecule has 3 rings (SSSR count). The molecule has 0 saturated carbocycles. The number of carbonyl (C=O) groups is 2. The average Bonchev–Trinajstić information content (AvgIpc) is 2.99. The summed E-state index contributed by atoms with van der Waals surface area (Å²) in [6.45, 7) is 0. The predicted octanol–water partition coefficient (Wildman–Crippen LogP) is 3.53. The lowest BCUT2D eigenvalue weighted by molar-refractivity contribution is -0.113. The van der Waals surface area contributed by atoms with Crippen molar-refractivity contribution >= 4 is 46.0 Å². The highest BCUT2D eigenvalue weighted by Crippen LogP contribution is 2.31. The number of fused-ring (bicyclic) bond motifs is 1. The van der Waals surface area contributed by atoms with Crippen molar-refractivity contribution in [3.05, 3.63) is 54.3 Å². The van der Waals surface area contributed by atoms with Crippen LogP contribution in [-0.2, 0) is 9.53 Å². The van der Waals surface area contributed by atoms with Gasteiger partial charge in [0.15, 0.2) is 0 Å². The molecule has 0 aliphatic heterocycles. The lowest BCUT2D eigenvalue weighted by atomic mass is 10.2. The molecule has 3 N–H and O–H groups in total. The maximum absolute atomic E-state index is 12.3. The number of esters is 1. The minimum Gasteiger partial charge on any atom is -0.463 e. The first-order valence-corrected chi connectivity index (χ1v) is 8.45. The van der Waals surface area contributed by atoms with Crippen LogP contribution in [0.15, 0.2) is 57.8 Å². The van der Waals surface area contributed by atoms with Crippen molar-refractivity contribution < 1.29 is 18.7 Å². The molecular formula is C18H16N2O4S. The second kappa shape index (κ2) is 7.31. The summed E-state index contributed by atoms with van der Waals surface area (Å²) in [6, 6.07) is 14.3. The van der Waals surface area contributed by atoms with Crippen LogP contribution in [0.1, 0.15) is 10.6 Å².